The van der Waals surface area contributed by atoms with Crippen LogP contribution in [0, 0.1) is 17.2 Å². The molecule has 3 rings (SSSR count). The number of Topliss-reactive ketones (excluding diaryl/α,β-unsaturated/α-hetero) is 1. The van der Waals surface area contributed by atoms with Crippen molar-refractivity contribution in [3.63, 3.8) is 0 Å². The van der Waals surface area contributed by atoms with E-state index in [1.807, 2.05) is 19.1 Å². The third-order valence-corrected chi connectivity index (χ3v) is 4.80. The Morgan fingerprint density at radius 1 is 1.25 bits per heavy atom. The number of carbonyl (C=O) groups is 1. The molecule has 124 valence electrons. The molecule has 2 unspecified atom stereocenters. The van der Waals surface area contributed by atoms with Gasteiger partial charge in [-0.3, -0.25) is 4.79 Å². The van der Waals surface area contributed by atoms with Crippen LogP contribution in [0.2, 0.25) is 0 Å². The number of carbonyl (C=O) groups excluding carboxylic acids is 1. The first-order valence-corrected chi connectivity index (χ1v) is 8.36. The summed E-state index contributed by atoms with van der Waals surface area (Å²) < 4.78 is 5.64. The fraction of sp³-hybridized carbons (Fsp3) is 0.400. The topological polar surface area (TPSA) is 76.1 Å². The molecule has 1 aromatic carbocycles. The number of allylic oxidation sites excluding steroid dienone is 3. The number of ketones is 1. The number of hydrogen-bond acceptors (Lipinski definition) is 4. The lowest BCUT2D eigenvalue weighted by molar-refractivity contribution is -0.117. The molecule has 1 aliphatic carbocycles. The van der Waals surface area contributed by atoms with Crippen molar-refractivity contribution in [1.82, 2.24) is 0 Å². The minimum Gasteiger partial charge on any atom is -0.444 e. The highest BCUT2D eigenvalue weighted by Gasteiger charge is 2.39. The van der Waals surface area contributed by atoms with Crippen LogP contribution in [-0.4, -0.2) is 5.78 Å². The summed E-state index contributed by atoms with van der Waals surface area (Å²) in [7, 11) is 0. The Balaban J connectivity index is 2.11. The fourth-order valence-corrected chi connectivity index (χ4v) is 3.50. The van der Waals surface area contributed by atoms with Crippen molar-refractivity contribution in [2.24, 2.45) is 11.7 Å². The third kappa shape index (κ3) is 2.71. The second-order valence-electron chi connectivity index (χ2n) is 7.02. The average Bonchev–Trinajstić information content (AvgIpc) is 2.53. The van der Waals surface area contributed by atoms with Gasteiger partial charge in [0.2, 0.25) is 5.88 Å². The molecule has 0 aromatic heterocycles. The predicted octanol–water partition coefficient (Wildman–Crippen LogP) is 3.87. The normalized spacial score (nSPS) is 23.9. The van der Waals surface area contributed by atoms with Gasteiger partial charge in [-0.1, -0.05) is 45.0 Å². The Hall–Kier alpha value is -2.54. The van der Waals surface area contributed by atoms with Crippen LogP contribution in [0.4, 0.5) is 0 Å². The maximum Gasteiger partial charge on any atom is 0.205 e. The van der Waals surface area contributed by atoms with Gasteiger partial charge in [0.25, 0.3) is 0 Å². The Labute approximate surface area is 142 Å². The van der Waals surface area contributed by atoms with Crippen molar-refractivity contribution in [1.29, 1.82) is 5.26 Å². The Morgan fingerprint density at radius 2 is 1.92 bits per heavy atom. The van der Waals surface area contributed by atoms with Crippen molar-refractivity contribution in [3.8, 4) is 6.07 Å². The van der Waals surface area contributed by atoms with Crippen LogP contribution in [0.15, 0.2) is 47.1 Å². The maximum absolute atomic E-state index is 12.7. The molecule has 2 N–H and O–H groups in total. The Bertz CT molecular complexity index is 779. The van der Waals surface area contributed by atoms with Crippen LogP contribution in [-0.2, 0) is 9.53 Å². The molecule has 1 aliphatic heterocycles. The molecule has 1 heterocycles. The highest BCUT2D eigenvalue weighted by Crippen LogP contribution is 2.44. The van der Waals surface area contributed by atoms with Gasteiger partial charge in [-0.05, 0) is 23.0 Å². The van der Waals surface area contributed by atoms with E-state index in [2.05, 4.69) is 32.0 Å². The van der Waals surface area contributed by atoms with Crippen LogP contribution in [0.25, 0.3) is 0 Å². The summed E-state index contributed by atoms with van der Waals surface area (Å²) in [5.41, 5.74) is 9.05. The first-order valence-electron chi connectivity index (χ1n) is 8.36. The highest BCUT2D eigenvalue weighted by molar-refractivity contribution is 5.99. The second kappa shape index (κ2) is 6.16. The van der Waals surface area contributed by atoms with Crippen molar-refractivity contribution in [2.75, 3.05) is 0 Å². The van der Waals surface area contributed by atoms with Gasteiger partial charge in [-0.25, -0.2) is 0 Å². The SMILES string of the molecule is CC1CC(=O)C2=C(C1)OC(N)=C(C#N)C2c1ccc(C(C)C)cc1. The molecule has 4 heteroatoms. The van der Waals surface area contributed by atoms with Crippen LogP contribution < -0.4 is 5.73 Å². The summed E-state index contributed by atoms with van der Waals surface area (Å²) in [6.45, 7) is 6.29. The zero-order valence-electron chi connectivity index (χ0n) is 14.3. The maximum atomic E-state index is 12.7. The van der Waals surface area contributed by atoms with Crippen LogP contribution in [0.5, 0.6) is 0 Å². The molecule has 0 spiro atoms. The first-order chi connectivity index (χ1) is 11.4. The summed E-state index contributed by atoms with van der Waals surface area (Å²) in [5.74, 6) is 1.06. The lowest BCUT2D eigenvalue weighted by atomic mass is 9.75. The molecular weight excluding hydrogens is 300 g/mol. The number of ether oxygens (including phenoxy) is 1. The average molecular weight is 322 g/mol. The van der Waals surface area contributed by atoms with E-state index in [0.717, 1.165) is 5.56 Å². The predicted molar refractivity (Wildman–Crippen MR) is 91.6 cm³/mol. The standard InChI is InChI=1S/C20H22N2O2/c1-11(2)13-4-6-14(7-5-13)18-15(10-21)20(22)24-17-9-12(3)8-16(23)19(17)18/h4-7,11-12,18H,8-9,22H2,1-3H3. The minimum absolute atomic E-state index is 0.0573. The summed E-state index contributed by atoms with van der Waals surface area (Å²) in [4.78, 5) is 12.7. The molecule has 4 nitrogen and oxygen atoms in total. The van der Waals surface area contributed by atoms with E-state index in [-0.39, 0.29) is 17.6 Å². The van der Waals surface area contributed by atoms with E-state index in [1.54, 1.807) is 0 Å². The molecule has 0 saturated carbocycles. The smallest absolute Gasteiger partial charge is 0.205 e. The number of hydrogen-bond donors (Lipinski definition) is 1. The molecule has 0 amide bonds. The molecule has 2 aliphatic rings. The number of nitriles is 1. The van der Waals surface area contributed by atoms with Gasteiger partial charge < -0.3 is 10.5 Å². The summed E-state index contributed by atoms with van der Waals surface area (Å²) in [6.07, 6.45) is 1.17. The van der Waals surface area contributed by atoms with E-state index < -0.39 is 5.92 Å². The lowest BCUT2D eigenvalue weighted by Crippen LogP contribution is -2.29. The quantitative estimate of drug-likeness (QED) is 0.896. The summed E-state index contributed by atoms with van der Waals surface area (Å²) in [6, 6.07) is 10.2. The number of benzene rings is 1. The summed E-state index contributed by atoms with van der Waals surface area (Å²) >= 11 is 0. The second-order valence-corrected chi connectivity index (χ2v) is 7.02. The number of rotatable bonds is 2. The first kappa shape index (κ1) is 16.3. The third-order valence-electron chi connectivity index (χ3n) is 4.80. The Kier molecular flexibility index (Phi) is 4.19. The van der Waals surface area contributed by atoms with E-state index in [4.69, 9.17) is 10.5 Å². The van der Waals surface area contributed by atoms with Crippen LogP contribution >= 0.6 is 0 Å². The van der Waals surface area contributed by atoms with Crippen molar-refractivity contribution >= 4 is 5.78 Å². The van der Waals surface area contributed by atoms with E-state index in [9.17, 15) is 10.1 Å². The summed E-state index contributed by atoms with van der Waals surface area (Å²) in [5, 5.41) is 9.56. The fourth-order valence-electron chi connectivity index (χ4n) is 3.50. The Morgan fingerprint density at radius 3 is 2.50 bits per heavy atom. The molecule has 2 atom stereocenters. The van der Waals surface area contributed by atoms with Crippen molar-refractivity contribution < 1.29 is 9.53 Å². The zero-order valence-corrected chi connectivity index (χ0v) is 14.3. The molecule has 24 heavy (non-hydrogen) atoms. The monoisotopic (exact) mass is 322 g/mol. The van der Waals surface area contributed by atoms with Gasteiger partial charge >= 0.3 is 0 Å². The van der Waals surface area contributed by atoms with Crippen LogP contribution in [0.3, 0.4) is 0 Å². The molecular formula is C20H22N2O2. The van der Waals surface area contributed by atoms with E-state index in [1.165, 1.54) is 5.56 Å². The van der Waals surface area contributed by atoms with Gasteiger partial charge in [-0.2, -0.15) is 5.26 Å². The number of nitrogens with two attached hydrogens (primary N) is 1. The largest absolute Gasteiger partial charge is 0.444 e. The van der Waals surface area contributed by atoms with E-state index >= 15 is 0 Å². The van der Waals surface area contributed by atoms with Crippen molar-refractivity contribution in [2.45, 2.75) is 45.4 Å². The van der Waals surface area contributed by atoms with E-state index in [0.29, 0.717) is 35.7 Å². The van der Waals surface area contributed by atoms with Crippen molar-refractivity contribution in [3.05, 3.63) is 58.2 Å². The van der Waals surface area contributed by atoms with Gasteiger partial charge in [0.15, 0.2) is 5.78 Å². The number of nitrogens with zero attached hydrogens (tertiary/aromatic N) is 1. The molecule has 0 fully saturated rings. The van der Waals surface area contributed by atoms with Gasteiger partial charge in [0.1, 0.15) is 17.4 Å². The van der Waals surface area contributed by atoms with Crippen LogP contribution in [0.1, 0.15) is 56.6 Å². The van der Waals surface area contributed by atoms with Gasteiger partial charge in [-0.15, -0.1) is 0 Å². The molecule has 0 bridgehead atoms. The van der Waals surface area contributed by atoms with Gasteiger partial charge in [0.05, 0.1) is 5.92 Å². The van der Waals surface area contributed by atoms with Gasteiger partial charge in [0, 0.05) is 18.4 Å². The zero-order chi connectivity index (χ0) is 17.4. The molecule has 1 aromatic rings. The minimum atomic E-state index is -0.417. The molecule has 0 radical (unpaired) electrons. The molecule has 0 saturated heterocycles. The highest BCUT2D eigenvalue weighted by atomic mass is 16.5. The lowest BCUT2D eigenvalue weighted by Gasteiger charge is -2.33.